The SMILES string of the molecule is Cc1c(Br)cc(Br)c2c1C(=Cc1cc3ccccc3o1)C(=O)N2. The minimum absolute atomic E-state index is 0.123. The predicted octanol–water partition coefficient (Wildman–Crippen LogP) is 5.76. The highest BCUT2D eigenvalue weighted by atomic mass is 79.9. The van der Waals surface area contributed by atoms with Crippen LogP contribution in [0.4, 0.5) is 5.69 Å². The third-order valence-corrected chi connectivity index (χ3v) is 5.41. The van der Waals surface area contributed by atoms with Gasteiger partial charge in [-0.1, -0.05) is 34.1 Å². The lowest BCUT2D eigenvalue weighted by Gasteiger charge is -2.08. The monoisotopic (exact) mass is 431 g/mol. The first-order valence-electron chi connectivity index (χ1n) is 7.05. The van der Waals surface area contributed by atoms with E-state index in [4.69, 9.17) is 4.42 Å². The molecule has 1 amide bonds. The summed E-state index contributed by atoms with van der Waals surface area (Å²) in [4.78, 5) is 12.4. The summed E-state index contributed by atoms with van der Waals surface area (Å²) < 4.78 is 7.62. The minimum atomic E-state index is -0.123. The highest BCUT2D eigenvalue weighted by molar-refractivity contribution is 9.11. The molecular formula is C18H11Br2NO2. The molecule has 2 heterocycles. The summed E-state index contributed by atoms with van der Waals surface area (Å²) in [5, 5.41) is 3.94. The van der Waals surface area contributed by atoms with Gasteiger partial charge in [-0.25, -0.2) is 0 Å². The topological polar surface area (TPSA) is 42.2 Å². The molecule has 0 saturated heterocycles. The second-order valence-electron chi connectivity index (χ2n) is 5.41. The number of hydrogen-bond donors (Lipinski definition) is 1. The zero-order valence-corrected chi connectivity index (χ0v) is 15.3. The average molecular weight is 433 g/mol. The number of furan rings is 1. The number of hydrogen-bond acceptors (Lipinski definition) is 2. The molecule has 0 unspecified atom stereocenters. The molecule has 0 saturated carbocycles. The quantitative estimate of drug-likeness (QED) is 0.496. The van der Waals surface area contributed by atoms with Gasteiger partial charge in [0, 0.05) is 19.9 Å². The maximum absolute atomic E-state index is 12.4. The van der Waals surface area contributed by atoms with Crippen molar-refractivity contribution in [3.05, 3.63) is 62.2 Å². The number of para-hydroxylation sites is 1. The summed E-state index contributed by atoms with van der Waals surface area (Å²) in [7, 11) is 0. The Balaban J connectivity index is 1.92. The van der Waals surface area contributed by atoms with Crippen LogP contribution in [0.15, 0.2) is 49.8 Å². The molecule has 0 bridgehead atoms. The molecule has 3 nitrogen and oxygen atoms in total. The number of halogens is 2. The molecule has 1 aliphatic rings. The lowest BCUT2D eigenvalue weighted by molar-refractivity contribution is -0.110. The lowest BCUT2D eigenvalue weighted by Crippen LogP contribution is -2.03. The zero-order chi connectivity index (χ0) is 16.1. The van der Waals surface area contributed by atoms with Gasteiger partial charge in [-0.2, -0.15) is 0 Å². The van der Waals surface area contributed by atoms with Gasteiger partial charge in [0.2, 0.25) is 0 Å². The highest BCUT2D eigenvalue weighted by Gasteiger charge is 2.29. The van der Waals surface area contributed by atoms with Gasteiger partial charge in [0.1, 0.15) is 11.3 Å². The van der Waals surface area contributed by atoms with E-state index in [0.29, 0.717) is 11.3 Å². The van der Waals surface area contributed by atoms with Crippen LogP contribution in [0, 0.1) is 6.92 Å². The van der Waals surface area contributed by atoms with E-state index in [1.165, 1.54) is 0 Å². The van der Waals surface area contributed by atoms with Crippen LogP contribution < -0.4 is 5.32 Å². The molecule has 0 fully saturated rings. The molecule has 3 aromatic rings. The molecule has 0 spiro atoms. The van der Waals surface area contributed by atoms with Crippen LogP contribution in [-0.2, 0) is 4.79 Å². The van der Waals surface area contributed by atoms with Crippen molar-refractivity contribution in [3.63, 3.8) is 0 Å². The Labute approximate surface area is 149 Å². The second-order valence-corrected chi connectivity index (χ2v) is 7.12. The smallest absolute Gasteiger partial charge is 0.256 e. The Bertz CT molecular complexity index is 969. The lowest BCUT2D eigenvalue weighted by atomic mass is 10.0. The zero-order valence-electron chi connectivity index (χ0n) is 12.1. The summed E-state index contributed by atoms with van der Waals surface area (Å²) in [6, 6.07) is 11.7. The van der Waals surface area contributed by atoms with Crippen LogP contribution in [0.5, 0.6) is 0 Å². The molecule has 0 atom stereocenters. The average Bonchev–Trinajstić information content (AvgIpc) is 3.07. The van der Waals surface area contributed by atoms with Gasteiger partial charge in [-0.05, 0) is 52.7 Å². The number of nitrogens with one attached hydrogen (secondary N) is 1. The molecule has 114 valence electrons. The van der Waals surface area contributed by atoms with E-state index in [2.05, 4.69) is 37.2 Å². The third kappa shape index (κ3) is 2.35. The normalized spacial score (nSPS) is 15.3. The van der Waals surface area contributed by atoms with Crippen molar-refractivity contribution in [1.29, 1.82) is 0 Å². The Hall–Kier alpha value is -1.85. The Morgan fingerprint density at radius 2 is 1.91 bits per heavy atom. The summed E-state index contributed by atoms with van der Waals surface area (Å²) in [6.07, 6.45) is 1.80. The van der Waals surface area contributed by atoms with Crippen LogP contribution in [0.3, 0.4) is 0 Å². The fraction of sp³-hybridized carbons (Fsp3) is 0.0556. The number of anilines is 1. The molecule has 1 aromatic heterocycles. The van der Waals surface area contributed by atoms with Gasteiger partial charge in [-0.15, -0.1) is 0 Å². The molecule has 23 heavy (non-hydrogen) atoms. The first-order chi connectivity index (χ1) is 11.0. The van der Waals surface area contributed by atoms with E-state index in [0.717, 1.165) is 36.7 Å². The van der Waals surface area contributed by atoms with Crippen molar-refractivity contribution in [3.8, 4) is 0 Å². The van der Waals surface area contributed by atoms with Gasteiger partial charge >= 0.3 is 0 Å². The third-order valence-electron chi connectivity index (χ3n) is 3.96. The highest BCUT2D eigenvalue weighted by Crippen LogP contribution is 2.43. The van der Waals surface area contributed by atoms with Crippen LogP contribution in [0.25, 0.3) is 22.6 Å². The van der Waals surface area contributed by atoms with Crippen molar-refractivity contribution < 1.29 is 9.21 Å². The van der Waals surface area contributed by atoms with E-state index in [1.807, 2.05) is 43.3 Å². The van der Waals surface area contributed by atoms with Crippen molar-refractivity contribution >= 4 is 66.1 Å². The summed E-state index contributed by atoms with van der Waals surface area (Å²) >= 11 is 7.05. The van der Waals surface area contributed by atoms with E-state index in [-0.39, 0.29) is 5.91 Å². The molecule has 0 aliphatic carbocycles. The standard InChI is InChI=1S/C18H11Br2NO2/c1-9-13(19)8-14(20)17-16(9)12(18(22)21-17)7-11-6-10-4-2-3-5-15(10)23-11/h2-8H,1H3,(H,21,22). The van der Waals surface area contributed by atoms with Gasteiger partial charge in [0.05, 0.1) is 11.3 Å². The van der Waals surface area contributed by atoms with Gasteiger partial charge in [0.25, 0.3) is 5.91 Å². The minimum Gasteiger partial charge on any atom is -0.457 e. The predicted molar refractivity (Wildman–Crippen MR) is 99.3 cm³/mol. The number of amides is 1. The van der Waals surface area contributed by atoms with Crippen LogP contribution >= 0.6 is 31.9 Å². The van der Waals surface area contributed by atoms with E-state index >= 15 is 0 Å². The van der Waals surface area contributed by atoms with Crippen molar-refractivity contribution in [2.45, 2.75) is 6.92 Å². The second kappa shape index (κ2) is 5.35. The van der Waals surface area contributed by atoms with Crippen molar-refractivity contribution in [2.24, 2.45) is 0 Å². The molecule has 1 aliphatic heterocycles. The number of fused-ring (bicyclic) bond motifs is 2. The Kier molecular flexibility index (Phi) is 3.43. The molecule has 2 aromatic carbocycles. The van der Waals surface area contributed by atoms with Gasteiger partial charge in [0.15, 0.2) is 0 Å². The molecular weight excluding hydrogens is 422 g/mol. The van der Waals surface area contributed by atoms with Crippen molar-refractivity contribution in [2.75, 3.05) is 5.32 Å². The van der Waals surface area contributed by atoms with Gasteiger partial charge in [-0.3, -0.25) is 4.79 Å². The number of benzene rings is 2. The number of carbonyl (C=O) groups is 1. The van der Waals surface area contributed by atoms with Gasteiger partial charge < -0.3 is 9.73 Å². The summed E-state index contributed by atoms with van der Waals surface area (Å²) in [6.45, 7) is 1.99. The maximum Gasteiger partial charge on any atom is 0.256 e. The van der Waals surface area contributed by atoms with Crippen molar-refractivity contribution in [1.82, 2.24) is 0 Å². The number of rotatable bonds is 1. The fourth-order valence-electron chi connectivity index (χ4n) is 2.82. The first kappa shape index (κ1) is 14.7. The molecule has 4 rings (SSSR count). The van der Waals surface area contributed by atoms with E-state index < -0.39 is 0 Å². The Morgan fingerprint density at radius 1 is 1.13 bits per heavy atom. The van der Waals surface area contributed by atoms with Crippen LogP contribution in [0.2, 0.25) is 0 Å². The van der Waals surface area contributed by atoms with Crippen LogP contribution in [0.1, 0.15) is 16.9 Å². The molecule has 5 heteroatoms. The van der Waals surface area contributed by atoms with E-state index in [1.54, 1.807) is 6.08 Å². The Morgan fingerprint density at radius 3 is 2.70 bits per heavy atom. The van der Waals surface area contributed by atoms with E-state index in [9.17, 15) is 4.79 Å². The largest absolute Gasteiger partial charge is 0.457 e. The number of carbonyl (C=O) groups excluding carboxylic acids is 1. The maximum atomic E-state index is 12.4. The summed E-state index contributed by atoms with van der Waals surface area (Å²) in [5.74, 6) is 0.544. The molecule has 1 N–H and O–H groups in total. The van der Waals surface area contributed by atoms with Crippen LogP contribution in [-0.4, -0.2) is 5.91 Å². The molecule has 0 radical (unpaired) electrons. The fourth-order valence-corrected chi connectivity index (χ4v) is 4.09. The summed E-state index contributed by atoms with van der Waals surface area (Å²) in [5.41, 5.74) is 4.14. The first-order valence-corrected chi connectivity index (χ1v) is 8.64.